The summed E-state index contributed by atoms with van der Waals surface area (Å²) < 4.78 is 1.43. The minimum atomic E-state index is -0.448. The monoisotopic (exact) mass is 196 g/mol. The molecule has 4 heteroatoms. The molecule has 2 rings (SSSR count). The van der Waals surface area contributed by atoms with Gasteiger partial charge in [0, 0.05) is 11.6 Å². The number of fused-ring (bicyclic) bond motifs is 1. The zero-order chi connectivity index (χ0) is 8.55. The zero-order valence-corrected chi connectivity index (χ0v) is 7.62. The number of nitrogens with zero attached hydrogens (tertiary/aromatic N) is 1. The van der Waals surface area contributed by atoms with Gasteiger partial charge in [-0.15, -0.1) is 12.4 Å². The van der Waals surface area contributed by atoms with Gasteiger partial charge in [-0.3, -0.25) is 4.57 Å². The van der Waals surface area contributed by atoms with E-state index in [-0.39, 0.29) is 12.4 Å². The van der Waals surface area contributed by atoms with Crippen LogP contribution in [0.5, 0.6) is 0 Å². The van der Waals surface area contributed by atoms with Crippen LogP contribution < -0.4 is 5.73 Å². The van der Waals surface area contributed by atoms with Crippen LogP contribution >= 0.6 is 12.4 Å². The minimum absolute atomic E-state index is 0. The van der Waals surface area contributed by atoms with Gasteiger partial charge in [0.2, 0.25) is 0 Å². The molecule has 0 aliphatic rings. The Labute approximate surface area is 81.6 Å². The van der Waals surface area contributed by atoms with Gasteiger partial charge >= 0.3 is 6.03 Å². The molecule has 2 N–H and O–H groups in total. The van der Waals surface area contributed by atoms with E-state index in [2.05, 4.69) is 0 Å². The summed E-state index contributed by atoms with van der Waals surface area (Å²) in [6.07, 6.45) is 1.67. The maximum absolute atomic E-state index is 10.9. The largest absolute Gasteiger partial charge is 0.351 e. The molecule has 0 fully saturated rings. The average molecular weight is 197 g/mol. The number of para-hydroxylation sites is 1. The van der Waals surface area contributed by atoms with Gasteiger partial charge < -0.3 is 5.73 Å². The number of benzene rings is 1. The molecule has 13 heavy (non-hydrogen) atoms. The summed E-state index contributed by atoms with van der Waals surface area (Å²) in [5, 5.41) is 1.02. The van der Waals surface area contributed by atoms with E-state index in [0.717, 1.165) is 10.9 Å². The van der Waals surface area contributed by atoms with Crippen molar-refractivity contribution >= 4 is 29.3 Å². The summed E-state index contributed by atoms with van der Waals surface area (Å²) in [5.74, 6) is 0. The first-order valence-electron chi connectivity index (χ1n) is 3.65. The van der Waals surface area contributed by atoms with E-state index in [1.807, 2.05) is 30.3 Å². The highest BCUT2D eigenvalue weighted by Gasteiger charge is 2.02. The SMILES string of the molecule is Cl.NC(=O)n1ccc2ccccc21. The molecule has 0 atom stereocenters. The van der Waals surface area contributed by atoms with Crippen molar-refractivity contribution < 1.29 is 4.79 Å². The third-order valence-electron chi connectivity index (χ3n) is 1.84. The lowest BCUT2D eigenvalue weighted by atomic mass is 10.2. The minimum Gasteiger partial charge on any atom is -0.351 e. The Balaban J connectivity index is 0.000000845. The van der Waals surface area contributed by atoms with Crippen molar-refractivity contribution in [3.8, 4) is 0 Å². The van der Waals surface area contributed by atoms with Crippen molar-refractivity contribution in [2.75, 3.05) is 0 Å². The first kappa shape index (κ1) is 9.61. The van der Waals surface area contributed by atoms with Gasteiger partial charge in [-0.05, 0) is 12.1 Å². The summed E-state index contributed by atoms with van der Waals surface area (Å²) in [5.41, 5.74) is 6.00. The number of rotatable bonds is 0. The van der Waals surface area contributed by atoms with E-state index in [1.54, 1.807) is 6.20 Å². The van der Waals surface area contributed by atoms with Crippen LogP contribution in [0.1, 0.15) is 0 Å². The number of carbonyl (C=O) groups excluding carboxylic acids is 1. The van der Waals surface area contributed by atoms with E-state index < -0.39 is 6.03 Å². The fourth-order valence-electron chi connectivity index (χ4n) is 1.28. The third kappa shape index (κ3) is 1.51. The topological polar surface area (TPSA) is 48.0 Å². The molecular weight excluding hydrogens is 188 g/mol. The quantitative estimate of drug-likeness (QED) is 0.688. The van der Waals surface area contributed by atoms with Crippen molar-refractivity contribution in [3.63, 3.8) is 0 Å². The Morgan fingerprint density at radius 2 is 1.92 bits per heavy atom. The molecule has 0 radical (unpaired) electrons. The first-order valence-corrected chi connectivity index (χ1v) is 3.65. The van der Waals surface area contributed by atoms with Crippen LogP contribution in [0.15, 0.2) is 36.5 Å². The Bertz CT molecular complexity index is 436. The van der Waals surface area contributed by atoms with Gasteiger partial charge in [0.1, 0.15) is 0 Å². The van der Waals surface area contributed by atoms with E-state index >= 15 is 0 Å². The van der Waals surface area contributed by atoms with Gasteiger partial charge in [0.15, 0.2) is 0 Å². The molecule has 0 aliphatic heterocycles. The van der Waals surface area contributed by atoms with Gasteiger partial charge in [-0.25, -0.2) is 4.79 Å². The molecule has 0 aliphatic carbocycles. The molecule has 2 aromatic rings. The van der Waals surface area contributed by atoms with Crippen LogP contribution in [0.25, 0.3) is 10.9 Å². The van der Waals surface area contributed by atoms with Crippen molar-refractivity contribution in [1.82, 2.24) is 4.57 Å². The van der Waals surface area contributed by atoms with Crippen molar-refractivity contribution in [1.29, 1.82) is 0 Å². The molecule has 0 saturated carbocycles. The number of hydrogen-bond acceptors (Lipinski definition) is 1. The average Bonchev–Trinajstić information content (AvgIpc) is 2.47. The number of halogens is 1. The summed E-state index contributed by atoms with van der Waals surface area (Å²) >= 11 is 0. The second-order valence-electron chi connectivity index (χ2n) is 2.58. The number of hydrogen-bond donors (Lipinski definition) is 1. The van der Waals surface area contributed by atoms with E-state index in [0.29, 0.717) is 0 Å². The zero-order valence-electron chi connectivity index (χ0n) is 6.81. The van der Waals surface area contributed by atoms with Crippen LogP contribution in [0.3, 0.4) is 0 Å². The summed E-state index contributed by atoms with van der Waals surface area (Å²) in [4.78, 5) is 10.9. The number of primary amides is 1. The van der Waals surface area contributed by atoms with Crippen LogP contribution in [0.2, 0.25) is 0 Å². The number of aromatic nitrogens is 1. The number of amides is 1. The van der Waals surface area contributed by atoms with Gasteiger partial charge in [-0.2, -0.15) is 0 Å². The molecular formula is C9H9ClN2O. The van der Waals surface area contributed by atoms with E-state index in [9.17, 15) is 4.79 Å². The second kappa shape index (κ2) is 3.49. The van der Waals surface area contributed by atoms with Crippen LogP contribution in [-0.4, -0.2) is 10.6 Å². The molecule has 0 saturated heterocycles. The van der Waals surface area contributed by atoms with Gasteiger partial charge in [0.05, 0.1) is 5.52 Å². The fraction of sp³-hybridized carbons (Fsp3) is 0. The maximum Gasteiger partial charge on any atom is 0.323 e. The lowest BCUT2D eigenvalue weighted by molar-refractivity contribution is 0.251. The highest BCUT2D eigenvalue weighted by molar-refractivity contribution is 5.90. The van der Waals surface area contributed by atoms with Crippen molar-refractivity contribution in [3.05, 3.63) is 36.5 Å². The third-order valence-corrected chi connectivity index (χ3v) is 1.84. The van der Waals surface area contributed by atoms with Crippen LogP contribution in [0.4, 0.5) is 4.79 Å². The number of nitrogens with two attached hydrogens (primary N) is 1. The highest BCUT2D eigenvalue weighted by atomic mass is 35.5. The van der Waals surface area contributed by atoms with Crippen molar-refractivity contribution in [2.45, 2.75) is 0 Å². The molecule has 1 aromatic carbocycles. The number of carbonyl (C=O) groups is 1. The Morgan fingerprint density at radius 1 is 1.23 bits per heavy atom. The lowest BCUT2D eigenvalue weighted by Gasteiger charge is -1.96. The second-order valence-corrected chi connectivity index (χ2v) is 2.58. The summed E-state index contributed by atoms with van der Waals surface area (Å²) in [6.45, 7) is 0. The molecule has 3 nitrogen and oxygen atoms in total. The van der Waals surface area contributed by atoms with Gasteiger partial charge in [-0.1, -0.05) is 18.2 Å². The molecule has 0 spiro atoms. The highest BCUT2D eigenvalue weighted by Crippen LogP contribution is 2.13. The molecule has 0 unspecified atom stereocenters. The summed E-state index contributed by atoms with van der Waals surface area (Å²) in [6, 6.07) is 9.01. The smallest absolute Gasteiger partial charge is 0.323 e. The van der Waals surface area contributed by atoms with Gasteiger partial charge in [0.25, 0.3) is 0 Å². The fourth-order valence-corrected chi connectivity index (χ4v) is 1.28. The van der Waals surface area contributed by atoms with Crippen LogP contribution in [-0.2, 0) is 0 Å². The van der Waals surface area contributed by atoms with Crippen LogP contribution in [0, 0.1) is 0 Å². The predicted molar refractivity (Wildman–Crippen MR) is 54.2 cm³/mol. The maximum atomic E-state index is 10.9. The Hall–Kier alpha value is -1.48. The lowest BCUT2D eigenvalue weighted by Crippen LogP contribution is -2.17. The molecule has 0 bridgehead atoms. The molecule has 1 amide bonds. The standard InChI is InChI=1S/C9H8N2O.ClH/c10-9(12)11-6-5-7-3-1-2-4-8(7)11;/h1-6H,(H2,10,12);1H. The van der Waals surface area contributed by atoms with E-state index in [4.69, 9.17) is 5.73 Å². The Kier molecular flexibility index (Phi) is 2.58. The Morgan fingerprint density at radius 3 is 2.62 bits per heavy atom. The normalized spacial score (nSPS) is 9.54. The van der Waals surface area contributed by atoms with Crippen molar-refractivity contribution in [2.24, 2.45) is 5.73 Å². The first-order chi connectivity index (χ1) is 5.79. The van der Waals surface area contributed by atoms with E-state index in [1.165, 1.54) is 4.57 Å². The summed E-state index contributed by atoms with van der Waals surface area (Å²) in [7, 11) is 0. The molecule has 68 valence electrons. The molecule has 1 heterocycles. The molecule has 1 aromatic heterocycles. The predicted octanol–water partition coefficient (Wildman–Crippen LogP) is 1.99.